The average Bonchev–Trinajstić information content (AvgIpc) is 2.57. The van der Waals surface area contributed by atoms with Crippen molar-refractivity contribution in [2.75, 3.05) is 6.26 Å². The Kier molecular flexibility index (Phi) is 2.73. The van der Waals surface area contributed by atoms with E-state index in [1.165, 1.54) is 6.07 Å². The highest BCUT2D eigenvalue weighted by molar-refractivity contribution is 7.90. The number of fused-ring (bicyclic) bond motifs is 1. The summed E-state index contributed by atoms with van der Waals surface area (Å²) < 4.78 is 66.7. The molecule has 0 aliphatic heterocycles. The number of ether oxygens (including phenoxy) is 1. The molecule has 2 rings (SSSR count). The van der Waals surface area contributed by atoms with Crippen LogP contribution in [-0.2, 0) is 9.84 Å². The topological polar surface area (TPSA) is 69.4 Å². The van der Waals surface area contributed by atoms with Crippen LogP contribution in [0.3, 0.4) is 0 Å². The normalized spacial score (nSPS) is 12.9. The molecule has 0 bridgehead atoms. The van der Waals surface area contributed by atoms with Gasteiger partial charge in [0.25, 0.3) is 0 Å². The third-order valence-corrected chi connectivity index (χ3v) is 2.70. The zero-order chi connectivity index (χ0) is 13.6. The Morgan fingerprint density at radius 3 is 2.56 bits per heavy atom. The van der Waals surface area contributed by atoms with Crippen molar-refractivity contribution < 1.29 is 30.7 Å². The van der Waals surface area contributed by atoms with E-state index in [1.54, 1.807) is 0 Å². The van der Waals surface area contributed by atoms with Gasteiger partial charge >= 0.3 is 11.6 Å². The maximum atomic E-state index is 12.0. The summed E-state index contributed by atoms with van der Waals surface area (Å²) in [5.74, 6) is -0.508. The first-order chi connectivity index (χ1) is 8.15. The van der Waals surface area contributed by atoms with E-state index in [2.05, 4.69) is 9.72 Å². The van der Waals surface area contributed by atoms with Gasteiger partial charge in [-0.3, -0.25) is 0 Å². The van der Waals surface area contributed by atoms with Crippen molar-refractivity contribution in [2.45, 2.75) is 11.6 Å². The molecule has 0 amide bonds. The number of rotatable bonds is 2. The predicted octanol–water partition coefficient (Wildman–Crippen LogP) is 2.13. The number of hydrogen-bond donors (Lipinski definition) is 0. The fraction of sp³-hybridized carbons (Fsp3) is 0.222. The standard InChI is InChI=1S/C9H6F3NO4S/c1-18(14,15)8-13-6-3-2-5(4-7(6)16-8)17-9(10,11)12/h2-4H,1H3. The number of benzene rings is 1. The molecule has 0 unspecified atom stereocenters. The van der Waals surface area contributed by atoms with Crippen molar-refractivity contribution in [3.63, 3.8) is 0 Å². The van der Waals surface area contributed by atoms with Crippen LogP contribution >= 0.6 is 0 Å². The number of halogens is 3. The molecule has 1 aromatic heterocycles. The summed E-state index contributed by atoms with van der Waals surface area (Å²) in [5, 5.41) is -0.554. The van der Waals surface area contributed by atoms with Crippen molar-refractivity contribution in [3.05, 3.63) is 18.2 Å². The number of alkyl halides is 3. The lowest BCUT2D eigenvalue weighted by molar-refractivity contribution is -0.274. The summed E-state index contributed by atoms with van der Waals surface area (Å²) in [5.41, 5.74) is 0.0297. The summed E-state index contributed by atoms with van der Waals surface area (Å²) in [6, 6.07) is 3.11. The summed E-state index contributed by atoms with van der Waals surface area (Å²) in [6.07, 6.45) is -3.95. The van der Waals surface area contributed by atoms with Gasteiger partial charge in [0.1, 0.15) is 11.3 Å². The molecule has 0 atom stereocenters. The van der Waals surface area contributed by atoms with Gasteiger partial charge in [0.2, 0.25) is 9.84 Å². The molecular formula is C9H6F3NO4S. The molecule has 98 valence electrons. The molecule has 9 heteroatoms. The van der Waals surface area contributed by atoms with Gasteiger partial charge in [-0.2, -0.15) is 4.98 Å². The molecule has 0 saturated carbocycles. The number of oxazole rings is 1. The molecule has 0 N–H and O–H groups in total. The second kappa shape index (κ2) is 3.87. The Balaban J connectivity index is 2.46. The summed E-state index contributed by atoms with van der Waals surface area (Å²) in [4.78, 5) is 3.63. The van der Waals surface area contributed by atoms with E-state index in [0.717, 1.165) is 18.4 Å². The van der Waals surface area contributed by atoms with Crippen LogP contribution in [0.15, 0.2) is 27.8 Å². The summed E-state index contributed by atoms with van der Waals surface area (Å²) in [6.45, 7) is 0. The lowest BCUT2D eigenvalue weighted by Gasteiger charge is -2.07. The van der Waals surface area contributed by atoms with Crippen molar-refractivity contribution in [1.29, 1.82) is 0 Å². The zero-order valence-electron chi connectivity index (χ0n) is 8.85. The van der Waals surface area contributed by atoms with E-state index in [-0.39, 0.29) is 11.1 Å². The number of sulfone groups is 1. The monoisotopic (exact) mass is 281 g/mol. The Morgan fingerprint density at radius 1 is 1.33 bits per heavy atom. The van der Waals surface area contributed by atoms with Gasteiger partial charge in [-0.05, 0) is 12.1 Å². The highest BCUT2D eigenvalue weighted by Gasteiger charge is 2.31. The minimum atomic E-state index is -4.83. The first kappa shape index (κ1) is 12.7. The fourth-order valence-corrected chi connectivity index (χ4v) is 1.74. The van der Waals surface area contributed by atoms with E-state index in [1.807, 2.05) is 0 Å². The van der Waals surface area contributed by atoms with Crippen LogP contribution in [0.2, 0.25) is 0 Å². The van der Waals surface area contributed by atoms with Gasteiger partial charge in [-0.25, -0.2) is 8.42 Å². The van der Waals surface area contributed by atoms with Crippen LogP contribution in [0.25, 0.3) is 11.1 Å². The number of hydrogen-bond acceptors (Lipinski definition) is 5. The minimum absolute atomic E-state index is 0.0998. The predicted molar refractivity (Wildman–Crippen MR) is 53.8 cm³/mol. The van der Waals surface area contributed by atoms with E-state index in [9.17, 15) is 21.6 Å². The Bertz CT molecular complexity index is 689. The summed E-state index contributed by atoms with van der Waals surface area (Å²) in [7, 11) is -3.65. The largest absolute Gasteiger partial charge is 0.573 e. The van der Waals surface area contributed by atoms with Crippen molar-refractivity contribution in [2.24, 2.45) is 0 Å². The van der Waals surface area contributed by atoms with E-state index in [0.29, 0.717) is 0 Å². The third-order valence-electron chi connectivity index (χ3n) is 1.89. The van der Waals surface area contributed by atoms with Crippen molar-refractivity contribution in [3.8, 4) is 5.75 Å². The van der Waals surface area contributed by atoms with Crippen LogP contribution in [0.5, 0.6) is 5.75 Å². The van der Waals surface area contributed by atoms with Gasteiger partial charge in [0.15, 0.2) is 5.58 Å². The first-order valence-electron chi connectivity index (χ1n) is 4.51. The molecule has 0 radical (unpaired) electrons. The Hall–Kier alpha value is -1.77. The van der Waals surface area contributed by atoms with E-state index in [4.69, 9.17) is 4.42 Å². The molecule has 18 heavy (non-hydrogen) atoms. The molecule has 1 heterocycles. The molecule has 0 aliphatic carbocycles. The number of aromatic nitrogens is 1. The van der Waals surface area contributed by atoms with Crippen LogP contribution in [-0.4, -0.2) is 26.0 Å². The van der Waals surface area contributed by atoms with Gasteiger partial charge in [-0.15, -0.1) is 13.2 Å². The Morgan fingerprint density at radius 2 is 2.00 bits per heavy atom. The van der Waals surface area contributed by atoms with Gasteiger partial charge in [-0.1, -0.05) is 0 Å². The van der Waals surface area contributed by atoms with Crippen molar-refractivity contribution >= 4 is 20.9 Å². The molecule has 2 aromatic rings. The second-order valence-corrected chi connectivity index (χ2v) is 5.32. The molecule has 0 fully saturated rings. The molecule has 0 spiro atoms. The highest BCUT2D eigenvalue weighted by Crippen LogP contribution is 2.27. The maximum absolute atomic E-state index is 12.0. The molecule has 0 aliphatic rings. The van der Waals surface area contributed by atoms with E-state index < -0.39 is 27.2 Å². The highest BCUT2D eigenvalue weighted by atomic mass is 32.2. The molecule has 1 aromatic carbocycles. The van der Waals surface area contributed by atoms with Crippen LogP contribution in [0.4, 0.5) is 13.2 Å². The van der Waals surface area contributed by atoms with Crippen LogP contribution < -0.4 is 4.74 Å². The van der Waals surface area contributed by atoms with Gasteiger partial charge < -0.3 is 9.15 Å². The fourth-order valence-electron chi connectivity index (χ4n) is 1.24. The lowest BCUT2D eigenvalue weighted by Crippen LogP contribution is -2.16. The third kappa shape index (κ3) is 2.73. The lowest BCUT2D eigenvalue weighted by atomic mass is 10.3. The van der Waals surface area contributed by atoms with Gasteiger partial charge in [0.05, 0.1) is 0 Å². The van der Waals surface area contributed by atoms with Gasteiger partial charge in [0, 0.05) is 12.3 Å². The smallest absolute Gasteiger partial charge is 0.428 e. The van der Waals surface area contributed by atoms with Crippen LogP contribution in [0, 0.1) is 0 Å². The minimum Gasteiger partial charge on any atom is -0.428 e. The average molecular weight is 281 g/mol. The molecular weight excluding hydrogens is 275 g/mol. The summed E-state index contributed by atoms with van der Waals surface area (Å²) >= 11 is 0. The Labute approximate surface area is 99.1 Å². The van der Waals surface area contributed by atoms with E-state index >= 15 is 0 Å². The zero-order valence-corrected chi connectivity index (χ0v) is 9.67. The maximum Gasteiger partial charge on any atom is 0.573 e. The number of nitrogens with zero attached hydrogens (tertiary/aromatic N) is 1. The second-order valence-electron chi connectivity index (χ2n) is 3.43. The molecule has 0 saturated heterocycles. The van der Waals surface area contributed by atoms with Crippen molar-refractivity contribution in [1.82, 2.24) is 4.98 Å². The first-order valence-corrected chi connectivity index (χ1v) is 6.41. The quantitative estimate of drug-likeness (QED) is 0.843. The SMILES string of the molecule is CS(=O)(=O)c1nc2ccc(OC(F)(F)F)cc2o1. The van der Waals surface area contributed by atoms with Crippen LogP contribution in [0.1, 0.15) is 0 Å². The molecule has 5 nitrogen and oxygen atoms in total.